The van der Waals surface area contributed by atoms with Gasteiger partial charge in [-0.25, -0.2) is 4.68 Å². The van der Waals surface area contributed by atoms with E-state index in [1.165, 1.54) is 16.4 Å². The summed E-state index contributed by atoms with van der Waals surface area (Å²) in [5.74, 6) is 7.58. The van der Waals surface area contributed by atoms with Crippen LogP contribution in [-0.2, 0) is 11.4 Å². The summed E-state index contributed by atoms with van der Waals surface area (Å²) in [6.45, 7) is 8.21. The molecule has 0 fully saturated rings. The summed E-state index contributed by atoms with van der Waals surface area (Å²) in [7, 11) is 0. The molecule has 1 amide bonds. The average Bonchev–Trinajstić information content (AvgIpc) is 3.05. The molecule has 0 saturated heterocycles. The Labute approximate surface area is 191 Å². The third-order valence-corrected chi connectivity index (χ3v) is 5.92. The van der Waals surface area contributed by atoms with Crippen LogP contribution in [0.5, 0.6) is 5.75 Å². The van der Waals surface area contributed by atoms with Crippen LogP contribution < -0.4 is 15.9 Å². The molecule has 0 saturated carbocycles. The molecule has 1 heterocycles. The number of nitrogens with zero attached hydrogens (tertiary/aromatic N) is 3. The lowest BCUT2D eigenvalue weighted by Gasteiger charge is -2.15. The van der Waals surface area contributed by atoms with Gasteiger partial charge in [0.1, 0.15) is 12.4 Å². The molecule has 1 unspecified atom stereocenters. The first kappa shape index (κ1) is 23.0. The molecule has 0 radical (unpaired) electrons. The molecule has 164 valence electrons. The summed E-state index contributed by atoms with van der Waals surface area (Å²) in [5.41, 5.74) is 2.87. The van der Waals surface area contributed by atoms with E-state index in [1.54, 1.807) is 31.2 Å². The number of aryl methyl sites for hydroxylation is 1. The number of amides is 1. The molecule has 0 bridgehead atoms. The fraction of sp³-hybridized carbons (Fsp3) is 0.318. The van der Waals surface area contributed by atoms with Crippen LogP contribution in [0.2, 0.25) is 5.02 Å². The van der Waals surface area contributed by atoms with Crippen LogP contribution in [0.3, 0.4) is 0 Å². The fourth-order valence-electron chi connectivity index (χ4n) is 2.89. The predicted molar refractivity (Wildman–Crippen MR) is 125 cm³/mol. The molecule has 7 nitrogen and oxygen atoms in total. The third kappa shape index (κ3) is 5.92. The van der Waals surface area contributed by atoms with Gasteiger partial charge < -0.3 is 15.9 Å². The number of carbonyl (C=O) groups excluding carboxylic acids is 1. The van der Waals surface area contributed by atoms with Crippen molar-refractivity contribution in [1.82, 2.24) is 14.9 Å². The highest BCUT2D eigenvalue weighted by atomic mass is 35.5. The molecule has 3 rings (SSSR count). The topological polar surface area (TPSA) is 95.1 Å². The number of thioether (sulfide) groups is 1. The molecule has 0 aliphatic rings. The van der Waals surface area contributed by atoms with Gasteiger partial charge in [-0.05, 0) is 55.2 Å². The maximum absolute atomic E-state index is 12.5. The number of benzene rings is 2. The number of ether oxygens (including phenoxy) is 1. The number of hydrogen-bond acceptors (Lipinski definition) is 6. The van der Waals surface area contributed by atoms with Crippen molar-refractivity contribution in [1.29, 1.82) is 0 Å². The van der Waals surface area contributed by atoms with Crippen molar-refractivity contribution in [2.45, 2.75) is 50.6 Å². The third-order valence-electron chi connectivity index (χ3n) is 4.63. The Morgan fingerprint density at radius 1 is 1.23 bits per heavy atom. The summed E-state index contributed by atoms with van der Waals surface area (Å²) >= 11 is 7.18. The molecule has 1 aromatic heterocycles. The van der Waals surface area contributed by atoms with E-state index in [0.29, 0.717) is 27.6 Å². The van der Waals surface area contributed by atoms with Gasteiger partial charge in [-0.15, -0.1) is 10.2 Å². The van der Waals surface area contributed by atoms with Crippen molar-refractivity contribution in [3.05, 3.63) is 64.4 Å². The zero-order chi connectivity index (χ0) is 22.5. The Balaban J connectivity index is 1.64. The van der Waals surface area contributed by atoms with E-state index in [-0.39, 0.29) is 12.5 Å². The van der Waals surface area contributed by atoms with Crippen LogP contribution in [0, 0.1) is 6.92 Å². The SMILES string of the molecule is Cc1ccc(C(C)C)c(OCc2nnc(SC(C)C(=O)Nc3cccc(Cl)c3)n2N)c1. The van der Waals surface area contributed by atoms with E-state index >= 15 is 0 Å². The molecule has 0 aliphatic heterocycles. The van der Waals surface area contributed by atoms with Gasteiger partial charge in [0.25, 0.3) is 0 Å². The van der Waals surface area contributed by atoms with Gasteiger partial charge in [0, 0.05) is 10.7 Å². The molecule has 9 heteroatoms. The lowest BCUT2D eigenvalue weighted by atomic mass is 10.0. The quantitative estimate of drug-likeness (QED) is 0.372. The maximum Gasteiger partial charge on any atom is 0.237 e. The van der Waals surface area contributed by atoms with E-state index in [4.69, 9.17) is 22.2 Å². The predicted octanol–water partition coefficient (Wildman–Crippen LogP) is 4.78. The number of nitrogen functional groups attached to an aromatic ring is 1. The van der Waals surface area contributed by atoms with Gasteiger partial charge in [0.2, 0.25) is 11.1 Å². The monoisotopic (exact) mass is 459 g/mol. The second kappa shape index (κ2) is 10.1. The normalized spacial score (nSPS) is 12.1. The van der Waals surface area contributed by atoms with Crippen molar-refractivity contribution in [2.75, 3.05) is 11.2 Å². The summed E-state index contributed by atoms with van der Waals surface area (Å²) in [5, 5.41) is 11.6. The van der Waals surface area contributed by atoms with Crippen LogP contribution in [0.25, 0.3) is 0 Å². The average molecular weight is 460 g/mol. The Kier molecular flexibility index (Phi) is 7.46. The van der Waals surface area contributed by atoms with E-state index < -0.39 is 5.25 Å². The minimum Gasteiger partial charge on any atom is -0.485 e. The summed E-state index contributed by atoms with van der Waals surface area (Å²) in [6, 6.07) is 13.1. The zero-order valence-electron chi connectivity index (χ0n) is 17.9. The maximum atomic E-state index is 12.5. The van der Waals surface area contributed by atoms with E-state index in [2.05, 4.69) is 41.5 Å². The Hall–Kier alpha value is -2.71. The van der Waals surface area contributed by atoms with E-state index in [0.717, 1.165) is 16.9 Å². The number of halogens is 1. The van der Waals surface area contributed by atoms with Crippen LogP contribution in [0.1, 0.15) is 43.6 Å². The van der Waals surface area contributed by atoms with Crippen LogP contribution >= 0.6 is 23.4 Å². The largest absolute Gasteiger partial charge is 0.485 e. The number of nitrogens with one attached hydrogen (secondary N) is 1. The smallest absolute Gasteiger partial charge is 0.237 e. The zero-order valence-corrected chi connectivity index (χ0v) is 19.5. The lowest BCUT2D eigenvalue weighted by Crippen LogP contribution is -2.24. The standard InChI is InChI=1S/C22H26ClN5O2S/c1-13(2)18-9-8-14(3)10-19(18)30-12-20-26-27-22(28(20)24)31-15(4)21(29)25-17-7-5-6-16(23)11-17/h5-11,13,15H,12,24H2,1-4H3,(H,25,29). The van der Waals surface area contributed by atoms with Gasteiger partial charge in [-0.1, -0.05) is 55.4 Å². The summed E-state index contributed by atoms with van der Waals surface area (Å²) < 4.78 is 7.36. The molecular formula is C22H26ClN5O2S. The molecule has 31 heavy (non-hydrogen) atoms. The summed E-state index contributed by atoms with van der Waals surface area (Å²) in [4.78, 5) is 12.5. The number of nitrogens with two attached hydrogens (primary N) is 1. The van der Waals surface area contributed by atoms with Crippen molar-refractivity contribution < 1.29 is 9.53 Å². The molecule has 2 aromatic carbocycles. The van der Waals surface area contributed by atoms with Gasteiger partial charge in [-0.3, -0.25) is 4.79 Å². The Bertz CT molecular complexity index is 1070. The first-order chi connectivity index (χ1) is 14.7. The molecule has 3 N–H and O–H groups in total. The van der Waals surface area contributed by atoms with Crippen molar-refractivity contribution >= 4 is 35.0 Å². The second-order valence-electron chi connectivity index (χ2n) is 7.51. The van der Waals surface area contributed by atoms with Crippen LogP contribution in [-0.4, -0.2) is 26.0 Å². The van der Waals surface area contributed by atoms with E-state index in [1.807, 2.05) is 13.0 Å². The summed E-state index contributed by atoms with van der Waals surface area (Å²) in [6.07, 6.45) is 0. The molecule has 3 aromatic rings. The molecule has 1 atom stereocenters. The van der Waals surface area contributed by atoms with Crippen LogP contribution in [0.4, 0.5) is 5.69 Å². The first-order valence-corrected chi connectivity index (χ1v) is 11.2. The minimum atomic E-state index is -0.441. The van der Waals surface area contributed by atoms with Crippen molar-refractivity contribution in [2.24, 2.45) is 0 Å². The second-order valence-corrected chi connectivity index (χ2v) is 9.26. The highest BCUT2D eigenvalue weighted by molar-refractivity contribution is 8.00. The number of aromatic nitrogens is 3. The van der Waals surface area contributed by atoms with Gasteiger partial charge in [0.15, 0.2) is 5.82 Å². The fourth-order valence-corrected chi connectivity index (χ4v) is 3.87. The molecule has 0 aliphatic carbocycles. The first-order valence-electron chi connectivity index (χ1n) is 9.90. The van der Waals surface area contributed by atoms with Gasteiger partial charge in [-0.2, -0.15) is 0 Å². The van der Waals surface area contributed by atoms with Crippen LogP contribution in [0.15, 0.2) is 47.6 Å². The van der Waals surface area contributed by atoms with Gasteiger partial charge >= 0.3 is 0 Å². The number of carbonyl (C=O) groups is 1. The van der Waals surface area contributed by atoms with E-state index in [9.17, 15) is 4.79 Å². The van der Waals surface area contributed by atoms with Gasteiger partial charge in [0.05, 0.1) is 5.25 Å². The Morgan fingerprint density at radius 2 is 2.00 bits per heavy atom. The number of hydrogen-bond donors (Lipinski definition) is 2. The number of anilines is 1. The molecule has 0 spiro atoms. The van der Waals surface area contributed by atoms with Crippen molar-refractivity contribution in [3.63, 3.8) is 0 Å². The number of rotatable bonds is 8. The molecular weight excluding hydrogens is 434 g/mol. The lowest BCUT2D eigenvalue weighted by molar-refractivity contribution is -0.115. The van der Waals surface area contributed by atoms with Crippen molar-refractivity contribution in [3.8, 4) is 5.75 Å². The minimum absolute atomic E-state index is 0.177. The highest BCUT2D eigenvalue weighted by Gasteiger charge is 2.20. The Morgan fingerprint density at radius 3 is 2.71 bits per heavy atom. The highest BCUT2D eigenvalue weighted by Crippen LogP contribution is 2.28.